The molecule has 0 atom stereocenters. The molecule has 0 bridgehead atoms. The van der Waals surface area contributed by atoms with E-state index >= 15 is 0 Å². The number of aromatic nitrogens is 2. The number of carbonyl (C=O) groups is 1. The van der Waals surface area contributed by atoms with Crippen molar-refractivity contribution in [2.75, 3.05) is 13.7 Å². The van der Waals surface area contributed by atoms with E-state index in [1.165, 1.54) is 0 Å². The lowest BCUT2D eigenvalue weighted by Gasteiger charge is -2.05. The van der Waals surface area contributed by atoms with Crippen molar-refractivity contribution in [2.24, 2.45) is 0 Å². The number of aryl methyl sites for hydroxylation is 1. The van der Waals surface area contributed by atoms with E-state index in [0.717, 1.165) is 0 Å². The smallest absolute Gasteiger partial charge is 0.247 e. The first-order valence-corrected chi connectivity index (χ1v) is 6.24. The number of rotatable bonds is 5. The average molecular weight is 313 g/mol. The molecule has 0 spiro atoms. The number of nitrogens with zero attached hydrogens (tertiary/aromatic N) is 2. The van der Waals surface area contributed by atoms with Gasteiger partial charge in [-0.3, -0.25) is 9.48 Å². The van der Waals surface area contributed by atoms with Gasteiger partial charge in [-0.2, -0.15) is 5.10 Å². The zero-order valence-corrected chi connectivity index (χ0v) is 11.7. The van der Waals surface area contributed by atoms with Gasteiger partial charge in [0.15, 0.2) is 5.76 Å². The summed E-state index contributed by atoms with van der Waals surface area (Å²) in [6.45, 7) is 2.81. The molecule has 18 heavy (non-hydrogen) atoms. The van der Waals surface area contributed by atoms with Gasteiger partial charge in [-0.15, -0.1) is 0 Å². The van der Waals surface area contributed by atoms with Crippen molar-refractivity contribution in [3.05, 3.63) is 40.0 Å². The second kappa shape index (κ2) is 5.49. The molecule has 96 valence electrons. The minimum absolute atomic E-state index is 0.191. The van der Waals surface area contributed by atoms with Crippen LogP contribution in [-0.4, -0.2) is 29.3 Å². The van der Waals surface area contributed by atoms with E-state index in [1.807, 2.05) is 0 Å². The molecule has 2 aromatic rings. The number of methoxy groups -OCH3 is 1. The van der Waals surface area contributed by atoms with Crippen LogP contribution in [0.4, 0.5) is 0 Å². The quantitative estimate of drug-likeness (QED) is 0.796. The molecule has 2 aromatic heterocycles. The summed E-state index contributed by atoms with van der Waals surface area (Å²) in [6, 6.07) is 3.43. The summed E-state index contributed by atoms with van der Waals surface area (Å²) in [7, 11) is 1.61. The first-order valence-electron chi connectivity index (χ1n) is 5.45. The fourth-order valence-corrected chi connectivity index (χ4v) is 2.09. The molecule has 0 aromatic carbocycles. The maximum atomic E-state index is 12.3. The Labute approximate surface area is 113 Å². The van der Waals surface area contributed by atoms with Crippen LogP contribution in [0.3, 0.4) is 0 Å². The predicted octanol–water partition coefficient (Wildman–Crippen LogP) is 2.42. The zero-order chi connectivity index (χ0) is 13.1. The van der Waals surface area contributed by atoms with Crippen LogP contribution in [0.15, 0.2) is 27.2 Å². The topological polar surface area (TPSA) is 57.3 Å². The van der Waals surface area contributed by atoms with E-state index in [1.54, 1.807) is 37.0 Å². The van der Waals surface area contributed by atoms with Gasteiger partial charge in [0.1, 0.15) is 11.5 Å². The fourth-order valence-electron chi connectivity index (χ4n) is 1.61. The molecule has 0 fully saturated rings. The van der Waals surface area contributed by atoms with Crippen LogP contribution in [0.25, 0.3) is 0 Å². The van der Waals surface area contributed by atoms with Gasteiger partial charge in [0.05, 0.1) is 23.8 Å². The number of halogens is 1. The second-order valence-corrected chi connectivity index (χ2v) is 4.65. The highest BCUT2D eigenvalue weighted by molar-refractivity contribution is 9.10. The van der Waals surface area contributed by atoms with E-state index in [9.17, 15) is 4.79 Å². The molecule has 0 aliphatic rings. The molecule has 0 N–H and O–H groups in total. The molecule has 0 saturated carbocycles. The molecule has 0 aliphatic heterocycles. The normalized spacial score (nSPS) is 10.8. The lowest BCUT2D eigenvalue weighted by molar-refractivity contribution is 0.0993. The summed E-state index contributed by atoms with van der Waals surface area (Å²) in [5.74, 6) is 0.827. The number of ketones is 1. The number of ether oxygens (including phenoxy) is 1. The lowest BCUT2D eigenvalue weighted by atomic mass is 10.2. The van der Waals surface area contributed by atoms with E-state index in [0.29, 0.717) is 34.8 Å². The van der Waals surface area contributed by atoms with Crippen molar-refractivity contribution >= 4 is 21.7 Å². The summed E-state index contributed by atoms with van der Waals surface area (Å²) in [5, 5.41) is 4.13. The summed E-state index contributed by atoms with van der Waals surface area (Å²) in [5.41, 5.74) is 0.474. The molecular weight excluding hydrogens is 300 g/mol. The SMILES string of the molecule is COCCn1ncc(Br)c1C(=O)c1ccc(C)o1. The molecule has 6 heteroatoms. The van der Waals surface area contributed by atoms with Crippen molar-refractivity contribution in [1.29, 1.82) is 0 Å². The lowest BCUT2D eigenvalue weighted by Crippen LogP contribution is -2.14. The standard InChI is InChI=1S/C12H13BrN2O3/c1-8-3-4-10(18-8)12(16)11-9(13)7-14-15(11)5-6-17-2/h3-4,7H,5-6H2,1-2H3. The fraction of sp³-hybridized carbons (Fsp3) is 0.333. The van der Waals surface area contributed by atoms with Crippen LogP contribution in [0.5, 0.6) is 0 Å². The third kappa shape index (κ3) is 2.54. The van der Waals surface area contributed by atoms with Gasteiger partial charge in [-0.25, -0.2) is 0 Å². The monoisotopic (exact) mass is 312 g/mol. The van der Waals surface area contributed by atoms with Crippen LogP contribution in [0, 0.1) is 6.92 Å². The van der Waals surface area contributed by atoms with Crippen LogP contribution in [0.1, 0.15) is 22.0 Å². The van der Waals surface area contributed by atoms with Crippen molar-refractivity contribution in [1.82, 2.24) is 9.78 Å². The van der Waals surface area contributed by atoms with Crippen LogP contribution < -0.4 is 0 Å². The first kappa shape index (κ1) is 13.0. The summed E-state index contributed by atoms with van der Waals surface area (Å²) >= 11 is 3.33. The number of hydrogen-bond donors (Lipinski definition) is 0. The molecule has 0 saturated heterocycles. The highest BCUT2D eigenvalue weighted by Gasteiger charge is 2.21. The Morgan fingerprint density at radius 1 is 1.56 bits per heavy atom. The molecule has 0 unspecified atom stereocenters. The molecule has 0 amide bonds. The first-order chi connectivity index (χ1) is 8.63. The van der Waals surface area contributed by atoms with Gasteiger partial charge in [0.2, 0.25) is 5.78 Å². The maximum absolute atomic E-state index is 12.3. The molecular formula is C12H13BrN2O3. The van der Waals surface area contributed by atoms with Crippen LogP contribution >= 0.6 is 15.9 Å². The Kier molecular flexibility index (Phi) is 3.98. The number of furan rings is 1. The van der Waals surface area contributed by atoms with Gasteiger partial charge >= 0.3 is 0 Å². The molecule has 0 radical (unpaired) electrons. The summed E-state index contributed by atoms with van der Waals surface area (Å²) in [4.78, 5) is 12.3. The minimum Gasteiger partial charge on any atom is -0.458 e. The van der Waals surface area contributed by atoms with Crippen molar-refractivity contribution in [2.45, 2.75) is 13.5 Å². The van der Waals surface area contributed by atoms with Gasteiger partial charge in [-0.05, 0) is 35.0 Å². The largest absolute Gasteiger partial charge is 0.458 e. The Bertz CT molecular complexity index is 559. The zero-order valence-electron chi connectivity index (χ0n) is 10.1. The molecule has 2 heterocycles. The van der Waals surface area contributed by atoms with Gasteiger partial charge < -0.3 is 9.15 Å². The molecule has 5 nitrogen and oxygen atoms in total. The minimum atomic E-state index is -0.191. The van der Waals surface area contributed by atoms with Crippen molar-refractivity contribution in [3.8, 4) is 0 Å². The Hall–Kier alpha value is -1.40. The Morgan fingerprint density at radius 3 is 2.94 bits per heavy atom. The highest BCUT2D eigenvalue weighted by atomic mass is 79.9. The van der Waals surface area contributed by atoms with Crippen LogP contribution in [0.2, 0.25) is 0 Å². The molecule has 0 aliphatic carbocycles. The third-order valence-electron chi connectivity index (χ3n) is 2.48. The van der Waals surface area contributed by atoms with Gasteiger partial charge in [0.25, 0.3) is 0 Å². The van der Waals surface area contributed by atoms with Crippen molar-refractivity contribution < 1.29 is 13.9 Å². The van der Waals surface area contributed by atoms with Crippen molar-refractivity contribution in [3.63, 3.8) is 0 Å². The second-order valence-electron chi connectivity index (χ2n) is 3.80. The molecule has 2 rings (SSSR count). The van der Waals surface area contributed by atoms with Gasteiger partial charge in [0, 0.05) is 7.11 Å². The summed E-state index contributed by atoms with van der Waals surface area (Å²) < 4.78 is 12.6. The Balaban J connectivity index is 2.32. The van der Waals surface area contributed by atoms with E-state index in [2.05, 4.69) is 21.0 Å². The van der Waals surface area contributed by atoms with E-state index < -0.39 is 0 Å². The van der Waals surface area contributed by atoms with E-state index in [-0.39, 0.29) is 5.78 Å². The Morgan fingerprint density at radius 2 is 2.33 bits per heavy atom. The van der Waals surface area contributed by atoms with E-state index in [4.69, 9.17) is 9.15 Å². The number of hydrogen-bond acceptors (Lipinski definition) is 4. The third-order valence-corrected chi connectivity index (χ3v) is 3.06. The number of carbonyl (C=O) groups excluding carboxylic acids is 1. The predicted molar refractivity (Wildman–Crippen MR) is 68.7 cm³/mol. The van der Waals surface area contributed by atoms with Gasteiger partial charge in [-0.1, -0.05) is 0 Å². The van der Waals surface area contributed by atoms with Crippen LogP contribution in [-0.2, 0) is 11.3 Å². The average Bonchev–Trinajstić information content (AvgIpc) is 2.92. The maximum Gasteiger partial charge on any atom is 0.247 e. The summed E-state index contributed by atoms with van der Waals surface area (Å²) in [6.07, 6.45) is 1.60. The highest BCUT2D eigenvalue weighted by Crippen LogP contribution is 2.21.